The standard InChI is InChI=1S/C24H26N4O2/c1-17(2)25-24(30)27-14-13-21-20(16-27)26-23(22(29)19-11-7-4-8-12-19)28(21)15-18-9-5-3-6-10-18/h3-12,17H,13-16H2,1-2H3,(H,25,30). The van der Waals surface area contributed by atoms with Crippen molar-refractivity contribution >= 4 is 11.8 Å². The number of carbonyl (C=O) groups is 2. The molecule has 1 aliphatic rings. The van der Waals surface area contributed by atoms with Gasteiger partial charge in [0.1, 0.15) is 0 Å². The Morgan fingerprint density at radius 3 is 2.37 bits per heavy atom. The SMILES string of the molecule is CC(C)NC(=O)N1CCc2c(nc(C(=O)c3ccccc3)n2Cc2ccccc2)C1. The van der Waals surface area contributed by atoms with Gasteiger partial charge in [-0.25, -0.2) is 9.78 Å². The molecule has 0 radical (unpaired) electrons. The van der Waals surface area contributed by atoms with Gasteiger partial charge in [-0.15, -0.1) is 0 Å². The zero-order valence-corrected chi connectivity index (χ0v) is 17.3. The number of imidazole rings is 1. The van der Waals surface area contributed by atoms with Crippen LogP contribution in [-0.4, -0.2) is 38.9 Å². The highest BCUT2D eigenvalue weighted by molar-refractivity contribution is 6.06. The molecule has 6 heteroatoms. The average Bonchev–Trinajstić information content (AvgIpc) is 3.11. The first kappa shape index (κ1) is 19.9. The van der Waals surface area contributed by atoms with Crippen LogP contribution >= 0.6 is 0 Å². The molecule has 6 nitrogen and oxygen atoms in total. The van der Waals surface area contributed by atoms with Gasteiger partial charge in [0, 0.05) is 36.8 Å². The Balaban J connectivity index is 1.70. The number of urea groups is 1. The Labute approximate surface area is 176 Å². The molecule has 2 amide bonds. The molecule has 0 saturated carbocycles. The number of nitrogens with one attached hydrogen (secondary N) is 1. The summed E-state index contributed by atoms with van der Waals surface area (Å²) in [6, 6.07) is 19.3. The zero-order chi connectivity index (χ0) is 21.1. The number of aromatic nitrogens is 2. The molecule has 0 spiro atoms. The Morgan fingerprint density at radius 1 is 1.03 bits per heavy atom. The fraction of sp³-hybridized carbons (Fsp3) is 0.292. The molecule has 154 valence electrons. The van der Waals surface area contributed by atoms with Gasteiger partial charge >= 0.3 is 6.03 Å². The summed E-state index contributed by atoms with van der Waals surface area (Å²) in [5.74, 6) is 0.334. The largest absolute Gasteiger partial charge is 0.336 e. The number of carbonyl (C=O) groups excluding carboxylic acids is 2. The molecule has 0 bridgehead atoms. The van der Waals surface area contributed by atoms with E-state index >= 15 is 0 Å². The zero-order valence-electron chi connectivity index (χ0n) is 17.3. The fourth-order valence-corrected chi connectivity index (χ4v) is 3.78. The summed E-state index contributed by atoms with van der Waals surface area (Å²) in [6.07, 6.45) is 0.669. The van der Waals surface area contributed by atoms with Crippen molar-refractivity contribution in [2.45, 2.75) is 39.4 Å². The van der Waals surface area contributed by atoms with Crippen LogP contribution in [0, 0.1) is 0 Å². The molecule has 0 unspecified atom stereocenters. The summed E-state index contributed by atoms with van der Waals surface area (Å²) in [6.45, 7) is 5.47. The molecule has 2 heterocycles. The van der Waals surface area contributed by atoms with Gasteiger partial charge in [-0.3, -0.25) is 4.79 Å². The van der Waals surface area contributed by atoms with Crippen molar-refractivity contribution in [3.05, 3.63) is 89.0 Å². The molecule has 0 saturated heterocycles. The number of hydrogen-bond donors (Lipinski definition) is 1. The van der Waals surface area contributed by atoms with E-state index in [1.54, 1.807) is 4.90 Å². The molecule has 1 aliphatic heterocycles. The minimum absolute atomic E-state index is 0.0738. The Hall–Kier alpha value is -3.41. The summed E-state index contributed by atoms with van der Waals surface area (Å²) in [5, 5.41) is 2.94. The van der Waals surface area contributed by atoms with E-state index in [4.69, 9.17) is 4.98 Å². The number of nitrogens with zero attached hydrogens (tertiary/aromatic N) is 3. The molecule has 30 heavy (non-hydrogen) atoms. The average molecular weight is 402 g/mol. The lowest BCUT2D eigenvalue weighted by atomic mass is 10.1. The van der Waals surface area contributed by atoms with Crippen LogP contribution in [0.5, 0.6) is 0 Å². The third kappa shape index (κ3) is 4.13. The molecular weight excluding hydrogens is 376 g/mol. The van der Waals surface area contributed by atoms with Crippen LogP contribution in [0.3, 0.4) is 0 Å². The lowest BCUT2D eigenvalue weighted by Crippen LogP contribution is -2.45. The lowest BCUT2D eigenvalue weighted by Gasteiger charge is -2.28. The first-order valence-electron chi connectivity index (χ1n) is 10.3. The predicted molar refractivity (Wildman–Crippen MR) is 115 cm³/mol. The topological polar surface area (TPSA) is 67.2 Å². The molecule has 0 fully saturated rings. The number of amides is 2. The normalized spacial score (nSPS) is 13.2. The maximum absolute atomic E-state index is 13.3. The van der Waals surface area contributed by atoms with E-state index in [1.807, 2.05) is 79.1 Å². The molecule has 0 atom stereocenters. The van der Waals surface area contributed by atoms with E-state index in [1.165, 1.54) is 0 Å². The van der Waals surface area contributed by atoms with E-state index < -0.39 is 0 Å². The summed E-state index contributed by atoms with van der Waals surface area (Å²) in [4.78, 5) is 32.2. The molecule has 3 aromatic rings. The number of hydrogen-bond acceptors (Lipinski definition) is 3. The number of ketones is 1. The van der Waals surface area contributed by atoms with Crippen molar-refractivity contribution < 1.29 is 9.59 Å². The van der Waals surface area contributed by atoms with E-state index in [9.17, 15) is 9.59 Å². The Bertz CT molecular complexity index is 1040. The van der Waals surface area contributed by atoms with Gasteiger partial charge in [0.2, 0.25) is 5.78 Å². The van der Waals surface area contributed by atoms with Crippen LogP contribution in [0.4, 0.5) is 4.79 Å². The molecule has 4 rings (SSSR count). The van der Waals surface area contributed by atoms with Gasteiger partial charge in [-0.2, -0.15) is 0 Å². The van der Waals surface area contributed by atoms with Crippen LogP contribution in [0.1, 0.15) is 47.0 Å². The van der Waals surface area contributed by atoms with Crippen molar-refractivity contribution in [2.24, 2.45) is 0 Å². The fourth-order valence-electron chi connectivity index (χ4n) is 3.78. The van der Waals surface area contributed by atoms with Crippen LogP contribution < -0.4 is 5.32 Å². The van der Waals surface area contributed by atoms with Gasteiger partial charge in [0.05, 0.1) is 12.2 Å². The summed E-state index contributed by atoms with van der Waals surface area (Å²) in [7, 11) is 0. The molecule has 2 aromatic carbocycles. The van der Waals surface area contributed by atoms with Crippen LogP contribution in [0.2, 0.25) is 0 Å². The highest BCUT2D eigenvalue weighted by Crippen LogP contribution is 2.23. The quantitative estimate of drug-likeness (QED) is 0.663. The highest BCUT2D eigenvalue weighted by atomic mass is 16.2. The first-order chi connectivity index (χ1) is 14.5. The van der Waals surface area contributed by atoms with Crippen molar-refractivity contribution in [3.63, 3.8) is 0 Å². The molecule has 1 N–H and O–H groups in total. The smallest absolute Gasteiger partial charge is 0.317 e. The van der Waals surface area contributed by atoms with Crippen LogP contribution in [0.25, 0.3) is 0 Å². The molecule has 0 aliphatic carbocycles. The van der Waals surface area contributed by atoms with Gasteiger partial charge < -0.3 is 14.8 Å². The summed E-state index contributed by atoms with van der Waals surface area (Å²) < 4.78 is 2.03. The third-order valence-electron chi connectivity index (χ3n) is 5.24. The maximum atomic E-state index is 13.3. The van der Waals surface area contributed by atoms with Gasteiger partial charge in [0.25, 0.3) is 0 Å². The maximum Gasteiger partial charge on any atom is 0.317 e. The first-order valence-corrected chi connectivity index (χ1v) is 10.3. The van der Waals surface area contributed by atoms with Gasteiger partial charge in [-0.1, -0.05) is 60.7 Å². The second-order valence-corrected chi connectivity index (χ2v) is 7.87. The van der Waals surface area contributed by atoms with E-state index in [0.29, 0.717) is 37.4 Å². The predicted octanol–water partition coefficient (Wildman–Crippen LogP) is 3.64. The van der Waals surface area contributed by atoms with Crippen molar-refractivity contribution in [1.29, 1.82) is 0 Å². The van der Waals surface area contributed by atoms with E-state index in [-0.39, 0.29) is 17.9 Å². The second kappa shape index (κ2) is 8.53. The number of benzene rings is 2. The Morgan fingerprint density at radius 2 is 1.70 bits per heavy atom. The molecule has 1 aromatic heterocycles. The highest BCUT2D eigenvalue weighted by Gasteiger charge is 2.29. The minimum Gasteiger partial charge on any atom is -0.336 e. The van der Waals surface area contributed by atoms with Crippen LogP contribution in [0.15, 0.2) is 60.7 Å². The number of fused-ring (bicyclic) bond motifs is 1. The number of rotatable bonds is 5. The van der Waals surface area contributed by atoms with Gasteiger partial charge in [0.15, 0.2) is 5.82 Å². The Kier molecular flexibility index (Phi) is 5.65. The van der Waals surface area contributed by atoms with E-state index in [2.05, 4.69) is 5.32 Å². The lowest BCUT2D eigenvalue weighted by molar-refractivity contribution is 0.102. The minimum atomic E-state index is -0.0980. The van der Waals surface area contributed by atoms with Crippen molar-refractivity contribution in [3.8, 4) is 0 Å². The van der Waals surface area contributed by atoms with Crippen LogP contribution in [-0.2, 0) is 19.5 Å². The monoisotopic (exact) mass is 402 g/mol. The van der Waals surface area contributed by atoms with Crippen molar-refractivity contribution in [2.75, 3.05) is 6.54 Å². The second-order valence-electron chi connectivity index (χ2n) is 7.87. The van der Waals surface area contributed by atoms with Crippen molar-refractivity contribution in [1.82, 2.24) is 19.8 Å². The van der Waals surface area contributed by atoms with E-state index in [0.717, 1.165) is 17.0 Å². The summed E-state index contributed by atoms with van der Waals surface area (Å²) in [5.41, 5.74) is 3.56. The summed E-state index contributed by atoms with van der Waals surface area (Å²) >= 11 is 0. The van der Waals surface area contributed by atoms with Gasteiger partial charge in [-0.05, 0) is 19.4 Å². The third-order valence-corrected chi connectivity index (χ3v) is 5.24. The molecular formula is C24H26N4O2.